The fourth-order valence-electron chi connectivity index (χ4n) is 3.25. The molecule has 1 aliphatic heterocycles. The maximum atomic E-state index is 13.0. The minimum absolute atomic E-state index is 0.0735. The highest BCUT2D eigenvalue weighted by molar-refractivity contribution is 14.1. The van der Waals surface area contributed by atoms with Crippen LogP contribution in [0.15, 0.2) is 48.5 Å². The van der Waals surface area contributed by atoms with Gasteiger partial charge in [0.1, 0.15) is 5.82 Å². The smallest absolute Gasteiger partial charge is 0.166 e. The van der Waals surface area contributed by atoms with Gasteiger partial charge < -0.3 is 4.90 Å². The van der Waals surface area contributed by atoms with Crippen LogP contribution in [0.3, 0.4) is 0 Å². The van der Waals surface area contributed by atoms with Crippen molar-refractivity contribution in [3.05, 3.63) is 69.0 Å². The summed E-state index contributed by atoms with van der Waals surface area (Å²) >= 11 is 2.34. The molecule has 0 saturated carbocycles. The summed E-state index contributed by atoms with van der Waals surface area (Å²) in [6.45, 7) is 2.96. The third kappa shape index (κ3) is 4.63. The Bertz CT molecular complexity index is 693. The number of nitrogens with zero attached hydrogens (tertiary/aromatic N) is 1. The van der Waals surface area contributed by atoms with Crippen LogP contribution in [0, 0.1) is 15.3 Å². The molecule has 1 aliphatic rings. The molecular formula is C20H21FINO. The number of Topliss-reactive ketones (excluding diaryl/α,β-unsaturated/α-hetero) is 1. The third-order valence-corrected chi connectivity index (χ3v) is 5.36. The van der Waals surface area contributed by atoms with E-state index in [0.29, 0.717) is 5.56 Å². The fourth-order valence-corrected chi connectivity index (χ4v) is 3.86. The summed E-state index contributed by atoms with van der Waals surface area (Å²) in [5.41, 5.74) is 2.00. The molecule has 0 amide bonds. The molecule has 0 radical (unpaired) electrons. The number of ketones is 1. The van der Waals surface area contributed by atoms with Gasteiger partial charge >= 0.3 is 0 Å². The Kier molecular flexibility index (Phi) is 6.00. The van der Waals surface area contributed by atoms with Gasteiger partial charge in [0.15, 0.2) is 5.78 Å². The molecule has 0 N–H and O–H groups in total. The summed E-state index contributed by atoms with van der Waals surface area (Å²) in [4.78, 5) is 14.9. The lowest BCUT2D eigenvalue weighted by molar-refractivity contribution is 0.0841. The molecule has 1 heterocycles. The molecule has 0 aromatic heterocycles. The van der Waals surface area contributed by atoms with Gasteiger partial charge in [0.2, 0.25) is 0 Å². The molecule has 2 aromatic rings. The molecule has 3 rings (SSSR count). The average molecular weight is 433 g/mol. The predicted octanol–water partition coefficient (Wildman–Crippen LogP) is 4.57. The number of carbonyl (C=O) groups is 1. The van der Waals surface area contributed by atoms with Gasteiger partial charge in [-0.25, -0.2) is 4.39 Å². The van der Waals surface area contributed by atoms with Crippen molar-refractivity contribution in [1.29, 1.82) is 0 Å². The van der Waals surface area contributed by atoms with Crippen molar-refractivity contribution in [2.24, 2.45) is 5.92 Å². The molecule has 1 saturated heterocycles. The Balaban J connectivity index is 1.48. The van der Waals surface area contributed by atoms with Crippen LogP contribution in [-0.2, 0) is 6.42 Å². The highest BCUT2D eigenvalue weighted by Gasteiger charge is 2.25. The van der Waals surface area contributed by atoms with Gasteiger partial charge in [0.05, 0.1) is 0 Å². The molecule has 4 heteroatoms. The lowest BCUT2D eigenvalue weighted by Gasteiger charge is -2.31. The highest BCUT2D eigenvalue weighted by Crippen LogP contribution is 2.22. The Labute approximate surface area is 156 Å². The van der Waals surface area contributed by atoms with Crippen molar-refractivity contribution in [2.45, 2.75) is 19.3 Å². The zero-order valence-electron chi connectivity index (χ0n) is 13.6. The second kappa shape index (κ2) is 8.21. The van der Waals surface area contributed by atoms with Crippen molar-refractivity contribution in [3.8, 4) is 0 Å². The van der Waals surface area contributed by atoms with E-state index < -0.39 is 0 Å². The molecule has 2 nitrogen and oxygen atoms in total. The van der Waals surface area contributed by atoms with Crippen molar-refractivity contribution < 1.29 is 9.18 Å². The van der Waals surface area contributed by atoms with E-state index >= 15 is 0 Å². The largest absolute Gasteiger partial charge is 0.303 e. The van der Waals surface area contributed by atoms with E-state index in [1.165, 1.54) is 21.3 Å². The first-order chi connectivity index (χ1) is 11.6. The maximum Gasteiger partial charge on any atom is 0.166 e. The van der Waals surface area contributed by atoms with Crippen LogP contribution in [0.1, 0.15) is 28.8 Å². The number of likely N-dealkylation sites (tertiary alicyclic amines) is 1. The van der Waals surface area contributed by atoms with Crippen molar-refractivity contribution >= 4 is 28.4 Å². The monoisotopic (exact) mass is 433 g/mol. The third-order valence-electron chi connectivity index (χ3n) is 4.69. The zero-order chi connectivity index (χ0) is 16.9. The molecular weight excluding hydrogens is 412 g/mol. The highest BCUT2D eigenvalue weighted by atomic mass is 123. The van der Waals surface area contributed by atoms with Crippen LogP contribution in [0.4, 0.5) is 4.39 Å². The van der Waals surface area contributed by atoms with E-state index in [9.17, 15) is 9.18 Å². The number of hydrogen-bond acceptors (Lipinski definition) is 2. The number of benzene rings is 2. The van der Waals surface area contributed by atoms with E-state index in [0.717, 1.165) is 38.9 Å². The second-order valence-electron chi connectivity index (χ2n) is 6.37. The van der Waals surface area contributed by atoms with Gasteiger partial charge in [0.25, 0.3) is 0 Å². The fraction of sp³-hybridized carbons (Fsp3) is 0.350. The Hall–Kier alpha value is -1.27. The van der Waals surface area contributed by atoms with Crippen LogP contribution in [0.25, 0.3) is 0 Å². The van der Waals surface area contributed by atoms with Gasteiger partial charge in [-0.05, 0) is 96.9 Å². The molecule has 0 spiro atoms. The Morgan fingerprint density at radius 2 is 1.83 bits per heavy atom. The standard InChI is InChI=1S/C20H21FINO/c21-18-6-4-16(5-7-18)20(24)17-9-12-23(13-10-17)11-8-15-2-1-3-19(22)14-15/h1-7,14,17H,8-13H2/i22-4. The van der Waals surface area contributed by atoms with Crippen molar-refractivity contribution in [2.75, 3.05) is 19.6 Å². The Morgan fingerprint density at radius 1 is 1.12 bits per heavy atom. The summed E-state index contributed by atoms with van der Waals surface area (Å²) in [7, 11) is 0. The van der Waals surface area contributed by atoms with Gasteiger partial charge in [-0.15, -0.1) is 0 Å². The molecule has 0 atom stereocenters. The summed E-state index contributed by atoms with van der Waals surface area (Å²) in [6, 6.07) is 14.5. The van der Waals surface area contributed by atoms with Crippen LogP contribution in [-0.4, -0.2) is 30.3 Å². The summed E-state index contributed by atoms with van der Waals surface area (Å²) in [5.74, 6) is -0.0615. The van der Waals surface area contributed by atoms with Crippen LogP contribution in [0.2, 0.25) is 0 Å². The van der Waals surface area contributed by atoms with Gasteiger partial charge in [0, 0.05) is 21.6 Å². The van der Waals surface area contributed by atoms with Crippen LogP contribution >= 0.6 is 22.6 Å². The van der Waals surface area contributed by atoms with Gasteiger partial charge in [-0.2, -0.15) is 0 Å². The van der Waals surface area contributed by atoms with Gasteiger partial charge in [-0.3, -0.25) is 4.79 Å². The molecule has 0 unspecified atom stereocenters. The van der Waals surface area contributed by atoms with E-state index in [2.05, 4.69) is 51.8 Å². The predicted molar refractivity (Wildman–Crippen MR) is 103 cm³/mol. The summed E-state index contributed by atoms with van der Waals surface area (Å²) < 4.78 is 14.2. The summed E-state index contributed by atoms with van der Waals surface area (Å²) in [6.07, 6.45) is 2.83. The first-order valence-electron chi connectivity index (χ1n) is 8.38. The zero-order valence-corrected chi connectivity index (χ0v) is 15.7. The lowest BCUT2D eigenvalue weighted by Crippen LogP contribution is -2.37. The second-order valence-corrected chi connectivity index (χ2v) is 7.61. The average Bonchev–Trinajstić information content (AvgIpc) is 2.61. The van der Waals surface area contributed by atoms with Crippen LogP contribution < -0.4 is 0 Å². The topological polar surface area (TPSA) is 20.3 Å². The number of piperidine rings is 1. The number of carbonyl (C=O) groups excluding carboxylic acids is 1. The molecule has 2 aromatic carbocycles. The van der Waals surface area contributed by atoms with E-state index in [-0.39, 0.29) is 17.5 Å². The quantitative estimate of drug-likeness (QED) is 0.509. The minimum Gasteiger partial charge on any atom is -0.303 e. The molecule has 126 valence electrons. The molecule has 0 bridgehead atoms. The molecule has 1 fully saturated rings. The lowest BCUT2D eigenvalue weighted by atomic mass is 9.89. The Morgan fingerprint density at radius 3 is 2.50 bits per heavy atom. The van der Waals surface area contributed by atoms with E-state index in [1.54, 1.807) is 12.1 Å². The van der Waals surface area contributed by atoms with Crippen LogP contribution in [0.5, 0.6) is 0 Å². The normalized spacial score (nSPS) is 16.2. The van der Waals surface area contributed by atoms with E-state index in [1.807, 2.05) is 0 Å². The SMILES string of the molecule is O=C(c1ccc(F)cc1)C1CCN(CCc2cccc([123I])c2)CC1. The maximum absolute atomic E-state index is 13.0. The minimum atomic E-state index is -0.294. The number of halogens is 2. The first kappa shape index (κ1) is 17.5. The van der Waals surface area contributed by atoms with Gasteiger partial charge in [-0.1, -0.05) is 12.1 Å². The summed E-state index contributed by atoms with van der Waals surface area (Å²) in [5, 5.41) is 0. The van der Waals surface area contributed by atoms with Crippen molar-refractivity contribution in [1.82, 2.24) is 4.90 Å². The molecule has 24 heavy (non-hydrogen) atoms. The first-order valence-corrected chi connectivity index (χ1v) is 9.46. The number of hydrogen-bond donors (Lipinski definition) is 0. The number of rotatable bonds is 5. The van der Waals surface area contributed by atoms with E-state index in [4.69, 9.17) is 0 Å². The van der Waals surface area contributed by atoms with Crippen molar-refractivity contribution in [3.63, 3.8) is 0 Å². The molecule has 0 aliphatic carbocycles.